The predicted octanol–water partition coefficient (Wildman–Crippen LogP) is 2.38. The number of rotatable bonds is 1. The molecule has 0 radical (unpaired) electrons. The van der Waals surface area contributed by atoms with Gasteiger partial charge in [0.25, 0.3) is 0 Å². The fraction of sp³-hybridized carbons (Fsp3) is 0.357. The lowest BCUT2D eigenvalue weighted by Crippen LogP contribution is -2.36. The van der Waals surface area contributed by atoms with Crippen molar-refractivity contribution in [2.75, 3.05) is 31.2 Å². The average molecular weight is 228 g/mol. The molecule has 17 heavy (non-hydrogen) atoms. The summed E-state index contributed by atoms with van der Waals surface area (Å²) in [6, 6.07) is 8.59. The third kappa shape index (κ3) is 2.11. The Labute approximate surface area is 101 Å². The summed E-state index contributed by atoms with van der Waals surface area (Å²) in [5, 5.41) is 1.22. The van der Waals surface area contributed by atoms with Crippen molar-refractivity contribution < 1.29 is 4.74 Å². The molecule has 1 aromatic heterocycles. The minimum absolute atomic E-state index is 0.811. The van der Waals surface area contributed by atoms with Crippen LogP contribution >= 0.6 is 0 Å². The molecule has 3 heteroatoms. The van der Waals surface area contributed by atoms with E-state index in [0.717, 1.165) is 31.8 Å². The number of benzene rings is 1. The van der Waals surface area contributed by atoms with E-state index in [-0.39, 0.29) is 0 Å². The number of anilines is 1. The van der Waals surface area contributed by atoms with E-state index >= 15 is 0 Å². The minimum Gasteiger partial charge on any atom is -0.378 e. The van der Waals surface area contributed by atoms with E-state index in [1.807, 2.05) is 6.20 Å². The van der Waals surface area contributed by atoms with Gasteiger partial charge in [-0.05, 0) is 25.1 Å². The molecule has 88 valence electrons. The van der Waals surface area contributed by atoms with Crippen molar-refractivity contribution in [3.05, 3.63) is 36.0 Å². The van der Waals surface area contributed by atoms with Crippen LogP contribution in [0.1, 0.15) is 5.56 Å². The monoisotopic (exact) mass is 228 g/mol. The number of fused-ring (bicyclic) bond motifs is 1. The van der Waals surface area contributed by atoms with Crippen molar-refractivity contribution in [1.29, 1.82) is 0 Å². The molecule has 3 nitrogen and oxygen atoms in total. The van der Waals surface area contributed by atoms with Gasteiger partial charge in [0, 0.05) is 18.5 Å². The van der Waals surface area contributed by atoms with E-state index in [1.54, 1.807) is 0 Å². The summed E-state index contributed by atoms with van der Waals surface area (Å²) >= 11 is 0. The van der Waals surface area contributed by atoms with E-state index < -0.39 is 0 Å². The largest absolute Gasteiger partial charge is 0.378 e. The van der Waals surface area contributed by atoms with E-state index in [0.29, 0.717) is 0 Å². The molecule has 0 atom stereocenters. The van der Waals surface area contributed by atoms with Crippen LogP contribution in [0.2, 0.25) is 0 Å². The highest BCUT2D eigenvalue weighted by atomic mass is 16.5. The molecule has 2 aromatic rings. The molecule has 3 rings (SSSR count). The molecule has 0 N–H and O–H groups in total. The Bertz CT molecular complexity index is 533. The fourth-order valence-electron chi connectivity index (χ4n) is 2.23. The highest BCUT2D eigenvalue weighted by Gasteiger charge is 2.11. The number of pyridine rings is 1. The Balaban J connectivity index is 1.99. The molecule has 0 saturated carbocycles. The summed E-state index contributed by atoms with van der Waals surface area (Å²) in [7, 11) is 0. The predicted molar refractivity (Wildman–Crippen MR) is 69.5 cm³/mol. The van der Waals surface area contributed by atoms with Crippen molar-refractivity contribution in [3.8, 4) is 0 Å². The molecule has 2 heterocycles. The molecule has 1 saturated heterocycles. The zero-order chi connectivity index (χ0) is 11.7. The first-order valence-electron chi connectivity index (χ1n) is 6.02. The topological polar surface area (TPSA) is 25.4 Å². The lowest BCUT2D eigenvalue weighted by Gasteiger charge is -2.28. The van der Waals surface area contributed by atoms with Gasteiger partial charge in [0.15, 0.2) is 0 Å². The second-order valence-corrected chi connectivity index (χ2v) is 4.49. The van der Waals surface area contributed by atoms with Crippen LogP contribution in [0.5, 0.6) is 0 Å². The van der Waals surface area contributed by atoms with Crippen LogP contribution in [0.3, 0.4) is 0 Å². The first-order valence-corrected chi connectivity index (χ1v) is 6.02. The number of hydrogen-bond donors (Lipinski definition) is 0. The van der Waals surface area contributed by atoms with Gasteiger partial charge in [-0.1, -0.05) is 11.6 Å². The van der Waals surface area contributed by atoms with Crippen molar-refractivity contribution in [2.24, 2.45) is 0 Å². The first kappa shape index (κ1) is 10.5. The van der Waals surface area contributed by atoms with Gasteiger partial charge in [0.2, 0.25) is 0 Å². The van der Waals surface area contributed by atoms with Crippen molar-refractivity contribution >= 4 is 16.6 Å². The Morgan fingerprint density at radius 2 is 2.00 bits per heavy atom. The van der Waals surface area contributed by atoms with Gasteiger partial charge >= 0.3 is 0 Å². The van der Waals surface area contributed by atoms with Crippen LogP contribution in [0.25, 0.3) is 10.9 Å². The van der Waals surface area contributed by atoms with E-state index in [2.05, 4.69) is 41.1 Å². The maximum absolute atomic E-state index is 5.37. The Kier molecular flexibility index (Phi) is 2.69. The van der Waals surface area contributed by atoms with Crippen molar-refractivity contribution in [2.45, 2.75) is 6.92 Å². The van der Waals surface area contributed by atoms with Crippen LogP contribution in [0, 0.1) is 6.92 Å². The summed E-state index contributed by atoms with van der Waals surface area (Å²) in [6.45, 7) is 5.65. The second kappa shape index (κ2) is 4.34. The lowest BCUT2D eigenvalue weighted by atomic mass is 10.1. The molecule has 1 aliphatic rings. The number of hydrogen-bond acceptors (Lipinski definition) is 3. The number of aryl methyl sites for hydroxylation is 1. The lowest BCUT2D eigenvalue weighted by molar-refractivity contribution is 0.122. The minimum atomic E-state index is 0.811. The van der Waals surface area contributed by atoms with Gasteiger partial charge < -0.3 is 9.64 Å². The fourth-order valence-corrected chi connectivity index (χ4v) is 2.23. The summed E-state index contributed by atoms with van der Waals surface area (Å²) < 4.78 is 5.37. The smallest absolute Gasteiger partial charge is 0.0703 e. The highest BCUT2D eigenvalue weighted by molar-refractivity contribution is 5.82. The first-order chi connectivity index (χ1) is 8.33. The molecule has 1 fully saturated rings. The second-order valence-electron chi connectivity index (χ2n) is 4.49. The molecule has 1 aliphatic heterocycles. The van der Waals surface area contributed by atoms with Gasteiger partial charge in [-0.15, -0.1) is 0 Å². The third-order valence-corrected chi connectivity index (χ3v) is 3.20. The number of morpholine rings is 1. The van der Waals surface area contributed by atoms with Crippen LogP contribution in [0.15, 0.2) is 30.5 Å². The Hall–Kier alpha value is -1.61. The molecule has 0 spiro atoms. The average Bonchev–Trinajstić information content (AvgIpc) is 2.39. The number of nitrogens with zero attached hydrogens (tertiary/aromatic N) is 2. The SMILES string of the molecule is Cc1ccc2ncc(N3CCOCC3)cc2c1. The van der Waals surface area contributed by atoms with Crippen LogP contribution in [-0.4, -0.2) is 31.3 Å². The zero-order valence-corrected chi connectivity index (χ0v) is 10.0. The van der Waals surface area contributed by atoms with Gasteiger partial charge in [0.1, 0.15) is 0 Å². The molecule has 0 bridgehead atoms. The maximum atomic E-state index is 5.37. The highest BCUT2D eigenvalue weighted by Crippen LogP contribution is 2.21. The standard InChI is InChI=1S/C14H16N2O/c1-11-2-3-14-12(8-11)9-13(10-15-14)16-4-6-17-7-5-16/h2-3,8-10H,4-7H2,1H3. The van der Waals surface area contributed by atoms with Gasteiger partial charge in [-0.2, -0.15) is 0 Å². The molecular weight excluding hydrogens is 212 g/mol. The van der Waals surface area contributed by atoms with Crippen LogP contribution in [-0.2, 0) is 4.74 Å². The molecular formula is C14H16N2O. The third-order valence-electron chi connectivity index (χ3n) is 3.20. The normalized spacial score (nSPS) is 16.4. The van der Waals surface area contributed by atoms with Gasteiger partial charge in [-0.25, -0.2) is 0 Å². The maximum Gasteiger partial charge on any atom is 0.0703 e. The van der Waals surface area contributed by atoms with E-state index in [1.165, 1.54) is 16.6 Å². The molecule has 0 unspecified atom stereocenters. The summed E-state index contributed by atoms with van der Waals surface area (Å²) in [6.07, 6.45) is 1.96. The van der Waals surface area contributed by atoms with Crippen molar-refractivity contribution in [1.82, 2.24) is 4.98 Å². The molecule has 0 amide bonds. The number of aromatic nitrogens is 1. The zero-order valence-electron chi connectivity index (χ0n) is 10.0. The Morgan fingerprint density at radius 3 is 2.82 bits per heavy atom. The van der Waals surface area contributed by atoms with Crippen molar-refractivity contribution in [3.63, 3.8) is 0 Å². The number of ether oxygens (including phenoxy) is 1. The molecule has 1 aromatic carbocycles. The molecule has 0 aliphatic carbocycles. The van der Waals surface area contributed by atoms with E-state index in [4.69, 9.17) is 4.74 Å². The van der Waals surface area contributed by atoms with Gasteiger partial charge in [0.05, 0.1) is 30.6 Å². The van der Waals surface area contributed by atoms with E-state index in [9.17, 15) is 0 Å². The summed E-state index contributed by atoms with van der Waals surface area (Å²) in [5.74, 6) is 0. The van der Waals surface area contributed by atoms with Crippen LogP contribution in [0.4, 0.5) is 5.69 Å². The Morgan fingerprint density at radius 1 is 1.18 bits per heavy atom. The summed E-state index contributed by atoms with van der Waals surface area (Å²) in [4.78, 5) is 6.85. The van der Waals surface area contributed by atoms with Crippen LogP contribution < -0.4 is 4.90 Å². The van der Waals surface area contributed by atoms with Gasteiger partial charge in [-0.3, -0.25) is 4.98 Å². The summed E-state index contributed by atoms with van der Waals surface area (Å²) in [5.41, 5.74) is 3.54. The quantitative estimate of drug-likeness (QED) is 0.749.